The molecule has 0 aliphatic heterocycles. The van der Waals surface area contributed by atoms with E-state index in [1.54, 1.807) is 41.9 Å². The number of hydrogen-bond donors (Lipinski definition) is 0. The molecule has 0 N–H and O–H groups in total. The summed E-state index contributed by atoms with van der Waals surface area (Å²) < 4.78 is 1.75. The van der Waals surface area contributed by atoms with Crippen LogP contribution in [0.2, 0.25) is 0 Å². The normalized spacial score (nSPS) is 10.0. The fourth-order valence-electron chi connectivity index (χ4n) is 4.73. The Hall–Kier alpha value is -6.32. The summed E-state index contributed by atoms with van der Waals surface area (Å²) in [5.41, 5.74) is 9.18. The number of rotatable bonds is 6. The molecule has 11 heteroatoms. The molecule has 0 unspecified atom stereocenters. The van der Waals surface area contributed by atoms with Crippen LogP contribution >= 0.6 is 0 Å². The van der Waals surface area contributed by atoms with E-state index in [2.05, 4.69) is 69.4 Å². The number of benzene rings is 1. The van der Waals surface area contributed by atoms with Gasteiger partial charge in [-0.05, 0) is 84.9 Å². The van der Waals surface area contributed by atoms with Crippen LogP contribution in [0.15, 0.2) is 171 Å². The van der Waals surface area contributed by atoms with Crippen LogP contribution in [0.1, 0.15) is 0 Å². The van der Waals surface area contributed by atoms with Crippen molar-refractivity contribution in [3.8, 4) is 51.1 Å². The number of pyridine rings is 6. The van der Waals surface area contributed by atoms with Gasteiger partial charge in [-0.15, -0.1) is 5.10 Å². The molecular weight excluding hydrogens is 722 g/mol. The van der Waals surface area contributed by atoms with Gasteiger partial charge in [0.2, 0.25) is 0 Å². The minimum atomic E-state index is 0. The molecular formula is C40H34N10Ru. The molecule has 8 rings (SSSR count). The monoisotopic (exact) mass is 756 g/mol. The minimum absolute atomic E-state index is 0. The topological polar surface area (TPSA) is 111 Å². The Morgan fingerprint density at radius 1 is 0.431 bits per heavy atom. The van der Waals surface area contributed by atoms with Crippen molar-refractivity contribution in [2.75, 3.05) is 19.0 Å². The fourth-order valence-corrected chi connectivity index (χ4v) is 4.73. The standard InChI is InChI=1S/C20H18N6.2C10H8N2.Ru/c1-25(2)16-8-6-15(7-9-16)20-14-26(24-23-20)17-10-12-22-19(13-17)18-5-3-4-11-21-18;2*1-3-7-11-9(5-1)10-6-2-4-8-12-10;/h3-14H,1-2H3;2*1-8H;. The van der Waals surface area contributed by atoms with E-state index in [1.165, 1.54) is 0 Å². The first-order chi connectivity index (χ1) is 24.6. The number of anilines is 1. The molecule has 7 heterocycles. The first kappa shape index (κ1) is 36.0. The van der Waals surface area contributed by atoms with Gasteiger partial charge >= 0.3 is 0 Å². The average molecular weight is 756 g/mol. The van der Waals surface area contributed by atoms with E-state index in [0.717, 1.165) is 56.8 Å². The van der Waals surface area contributed by atoms with Crippen LogP contribution in [0.4, 0.5) is 5.69 Å². The first-order valence-electron chi connectivity index (χ1n) is 15.9. The maximum Gasteiger partial charge on any atom is 0.113 e. The van der Waals surface area contributed by atoms with Gasteiger partial charge in [0.1, 0.15) is 5.69 Å². The number of aromatic nitrogens is 9. The molecule has 7 aromatic heterocycles. The maximum atomic E-state index is 4.40. The summed E-state index contributed by atoms with van der Waals surface area (Å²) in [6, 6.07) is 41.1. The van der Waals surface area contributed by atoms with E-state index in [-0.39, 0.29) is 19.5 Å². The van der Waals surface area contributed by atoms with Crippen LogP contribution in [-0.2, 0) is 19.5 Å². The van der Waals surface area contributed by atoms with E-state index < -0.39 is 0 Å². The zero-order valence-electron chi connectivity index (χ0n) is 28.0. The molecule has 0 saturated carbocycles. The van der Waals surface area contributed by atoms with Gasteiger partial charge in [-0.2, -0.15) is 0 Å². The van der Waals surface area contributed by atoms with Crippen molar-refractivity contribution in [3.63, 3.8) is 0 Å². The smallest absolute Gasteiger partial charge is 0.113 e. The van der Waals surface area contributed by atoms with Gasteiger partial charge in [0.15, 0.2) is 0 Å². The van der Waals surface area contributed by atoms with Crippen LogP contribution in [0.3, 0.4) is 0 Å². The molecule has 1 aromatic carbocycles. The fraction of sp³-hybridized carbons (Fsp3) is 0.0500. The van der Waals surface area contributed by atoms with E-state index in [4.69, 9.17) is 0 Å². The van der Waals surface area contributed by atoms with E-state index in [1.807, 2.05) is 123 Å². The SMILES string of the molecule is CN(C)c1ccc(-c2cn(-c3ccnc(-c4ccccn4)c3)nn2)cc1.[Ru].c1ccc(-c2ccccn2)nc1.c1ccc(-c2ccccn2)nc1. The molecule has 0 bridgehead atoms. The predicted octanol–water partition coefficient (Wildman–Crippen LogP) is 7.74. The van der Waals surface area contributed by atoms with Crippen molar-refractivity contribution in [1.29, 1.82) is 0 Å². The van der Waals surface area contributed by atoms with E-state index in [9.17, 15) is 0 Å². The van der Waals surface area contributed by atoms with Crippen LogP contribution in [0.25, 0.3) is 51.1 Å². The molecule has 51 heavy (non-hydrogen) atoms. The van der Waals surface area contributed by atoms with Crippen molar-refractivity contribution >= 4 is 5.69 Å². The second-order valence-corrected chi connectivity index (χ2v) is 11.0. The van der Waals surface area contributed by atoms with E-state index in [0.29, 0.717) is 0 Å². The maximum absolute atomic E-state index is 4.40. The van der Waals surface area contributed by atoms with Crippen LogP contribution in [0, 0.1) is 0 Å². The van der Waals surface area contributed by atoms with Gasteiger partial charge in [-0.3, -0.25) is 29.9 Å². The Bertz CT molecular complexity index is 2020. The Morgan fingerprint density at radius 3 is 1.24 bits per heavy atom. The van der Waals surface area contributed by atoms with Crippen LogP contribution in [-0.4, -0.2) is 59.0 Å². The quantitative estimate of drug-likeness (QED) is 0.157. The molecule has 10 nitrogen and oxygen atoms in total. The second-order valence-electron chi connectivity index (χ2n) is 11.0. The van der Waals surface area contributed by atoms with Crippen molar-refractivity contribution in [2.45, 2.75) is 0 Å². The Kier molecular flexibility index (Phi) is 13.0. The van der Waals surface area contributed by atoms with Gasteiger partial charge in [-0.1, -0.05) is 47.7 Å². The largest absolute Gasteiger partial charge is 0.378 e. The minimum Gasteiger partial charge on any atom is -0.378 e. The third-order valence-corrected chi connectivity index (χ3v) is 7.29. The Labute approximate surface area is 309 Å². The van der Waals surface area contributed by atoms with Gasteiger partial charge in [-0.25, -0.2) is 4.68 Å². The molecule has 0 amide bonds. The summed E-state index contributed by atoms with van der Waals surface area (Å²) in [6.45, 7) is 0. The van der Waals surface area contributed by atoms with Crippen molar-refractivity contribution < 1.29 is 19.5 Å². The summed E-state index contributed by atoms with van der Waals surface area (Å²) in [6.07, 6.45) is 12.5. The molecule has 0 fully saturated rings. The van der Waals surface area contributed by atoms with Gasteiger partial charge < -0.3 is 4.90 Å². The van der Waals surface area contributed by atoms with Gasteiger partial charge in [0.25, 0.3) is 0 Å². The zero-order valence-corrected chi connectivity index (χ0v) is 29.7. The van der Waals surface area contributed by atoms with Crippen LogP contribution < -0.4 is 4.90 Å². The second kappa shape index (κ2) is 18.4. The number of nitrogens with zero attached hydrogens (tertiary/aromatic N) is 10. The summed E-state index contributed by atoms with van der Waals surface area (Å²) >= 11 is 0. The molecule has 0 radical (unpaired) electrons. The summed E-state index contributed by atoms with van der Waals surface area (Å²) in [4.78, 5) is 27.6. The Morgan fingerprint density at radius 2 is 0.843 bits per heavy atom. The summed E-state index contributed by atoms with van der Waals surface area (Å²) in [5.74, 6) is 0. The predicted molar refractivity (Wildman–Crippen MR) is 197 cm³/mol. The molecule has 0 spiro atoms. The van der Waals surface area contributed by atoms with Gasteiger partial charge in [0.05, 0.1) is 46.0 Å². The van der Waals surface area contributed by atoms with Gasteiger partial charge in [0, 0.05) is 82.0 Å². The van der Waals surface area contributed by atoms with Crippen molar-refractivity contribution in [1.82, 2.24) is 44.9 Å². The Balaban J connectivity index is 0.000000167. The third kappa shape index (κ3) is 10.1. The summed E-state index contributed by atoms with van der Waals surface area (Å²) in [7, 11) is 4.04. The van der Waals surface area contributed by atoms with E-state index >= 15 is 0 Å². The molecule has 0 atom stereocenters. The average Bonchev–Trinajstić information content (AvgIpc) is 3.71. The van der Waals surface area contributed by atoms with Crippen molar-refractivity contribution in [3.05, 3.63) is 171 Å². The molecule has 8 aromatic rings. The molecule has 0 aliphatic rings. The molecule has 252 valence electrons. The van der Waals surface area contributed by atoms with Crippen LogP contribution in [0.5, 0.6) is 0 Å². The molecule has 0 saturated heterocycles. The summed E-state index contributed by atoms with van der Waals surface area (Å²) in [5, 5.41) is 8.57. The van der Waals surface area contributed by atoms with Crippen molar-refractivity contribution in [2.24, 2.45) is 0 Å². The number of hydrogen-bond acceptors (Lipinski definition) is 9. The zero-order chi connectivity index (χ0) is 34.4. The first-order valence-corrected chi connectivity index (χ1v) is 15.9. The molecule has 0 aliphatic carbocycles. The third-order valence-electron chi connectivity index (χ3n) is 7.29.